The zero-order chi connectivity index (χ0) is 23.8. The van der Waals surface area contributed by atoms with Gasteiger partial charge in [-0.15, -0.1) is 0 Å². The van der Waals surface area contributed by atoms with Gasteiger partial charge in [0.25, 0.3) is 0 Å². The minimum Gasteiger partial charge on any atom is -0.352 e. The first-order valence-electron chi connectivity index (χ1n) is 10.5. The van der Waals surface area contributed by atoms with Gasteiger partial charge in [-0.05, 0) is 61.4 Å². The van der Waals surface area contributed by atoms with Gasteiger partial charge in [-0.2, -0.15) is 0 Å². The molecule has 0 aliphatic rings. The maximum absolute atomic E-state index is 12.4. The number of rotatable bonds is 8. The molecule has 3 amide bonds. The summed E-state index contributed by atoms with van der Waals surface area (Å²) >= 11 is 0. The zero-order valence-electron chi connectivity index (χ0n) is 18.6. The van der Waals surface area contributed by atoms with Gasteiger partial charge in [-0.25, -0.2) is 13.2 Å². The molecule has 0 heterocycles. The molecule has 3 aromatic rings. The van der Waals surface area contributed by atoms with Crippen molar-refractivity contribution in [3.05, 3.63) is 89.5 Å². The number of hydrogen-bond acceptors (Lipinski definition) is 4. The maximum atomic E-state index is 12.4. The average molecular weight is 466 g/mol. The summed E-state index contributed by atoms with van der Waals surface area (Å²) in [5.41, 5.74) is 4.05. The van der Waals surface area contributed by atoms with Crippen LogP contribution in [0, 0.1) is 13.8 Å². The Morgan fingerprint density at radius 2 is 1.42 bits per heavy atom. The first-order chi connectivity index (χ1) is 15.7. The van der Waals surface area contributed by atoms with Gasteiger partial charge in [-0.1, -0.05) is 42.0 Å². The van der Waals surface area contributed by atoms with Crippen molar-refractivity contribution in [3.8, 4) is 0 Å². The van der Waals surface area contributed by atoms with Crippen molar-refractivity contribution in [1.29, 1.82) is 0 Å². The lowest BCUT2D eigenvalue weighted by molar-refractivity contribution is -0.120. The van der Waals surface area contributed by atoms with Crippen LogP contribution in [-0.4, -0.2) is 26.1 Å². The van der Waals surface area contributed by atoms with Gasteiger partial charge >= 0.3 is 6.03 Å². The van der Waals surface area contributed by atoms with Crippen LogP contribution in [0.4, 0.5) is 16.2 Å². The smallest absolute Gasteiger partial charge is 0.323 e. The summed E-state index contributed by atoms with van der Waals surface area (Å²) in [5.74, 6) is -0.621. The zero-order valence-corrected chi connectivity index (χ0v) is 19.4. The minimum absolute atomic E-state index is 0.132. The average Bonchev–Trinajstić information content (AvgIpc) is 2.77. The molecule has 0 saturated carbocycles. The van der Waals surface area contributed by atoms with Crippen LogP contribution < -0.4 is 16.0 Å². The van der Waals surface area contributed by atoms with Crippen LogP contribution in [0.15, 0.2) is 77.7 Å². The predicted octanol–water partition coefficient (Wildman–Crippen LogP) is 4.43. The third-order valence-electron chi connectivity index (χ3n) is 4.93. The fourth-order valence-electron chi connectivity index (χ4n) is 3.15. The summed E-state index contributed by atoms with van der Waals surface area (Å²) < 4.78 is 24.8. The summed E-state index contributed by atoms with van der Waals surface area (Å²) in [6.45, 7) is 4.04. The second kappa shape index (κ2) is 10.8. The number of anilines is 2. The molecule has 33 heavy (non-hydrogen) atoms. The summed E-state index contributed by atoms with van der Waals surface area (Å²) in [5, 5.41) is 8.26. The van der Waals surface area contributed by atoms with Crippen molar-refractivity contribution in [3.63, 3.8) is 0 Å². The van der Waals surface area contributed by atoms with Crippen molar-refractivity contribution in [1.82, 2.24) is 5.32 Å². The highest BCUT2D eigenvalue weighted by Crippen LogP contribution is 2.15. The van der Waals surface area contributed by atoms with Gasteiger partial charge in [-0.3, -0.25) is 4.79 Å². The molecule has 0 fully saturated rings. The number of carbonyl (C=O) groups excluding carboxylic acids is 2. The predicted molar refractivity (Wildman–Crippen MR) is 130 cm³/mol. The van der Waals surface area contributed by atoms with E-state index < -0.39 is 9.84 Å². The van der Waals surface area contributed by atoms with Gasteiger partial charge in [0, 0.05) is 24.3 Å². The second-order valence-electron chi connectivity index (χ2n) is 7.81. The Balaban J connectivity index is 1.49. The van der Waals surface area contributed by atoms with Crippen LogP contribution >= 0.6 is 0 Å². The topological polar surface area (TPSA) is 104 Å². The molecule has 3 aromatic carbocycles. The maximum Gasteiger partial charge on any atom is 0.323 e. The van der Waals surface area contributed by atoms with E-state index in [2.05, 4.69) is 16.0 Å². The molecule has 3 N–H and O–H groups in total. The van der Waals surface area contributed by atoms with E-state index in [1.54, 1.807) is 48.5 Å². The van der Waals surface area contributed by atoms with Crippen molar-refractivity contribution >= 4 is 33.2 Å². The molecule has 0 atom stereocenters. The van der Waals surface area contributed by atoms with Crippen LogP contribution in [0.5, 0.6) is 0 Å². The van der Waals surface area contributed by atoms with E-state index >= 15 is 0 Å². The van der Waals surface area contributed by atoms with Gasteiger partial charge in [0.05, 0.1) is 10.6 Å². The lowest BCUT2D eigenvalue weighted by Gasteiger charge is -2.10. The highest BCUT2D eigenvalue weighted by atomic mass is 32.2. The summed E-state index contributed by atoms with van der Waals surface area (Å²) in [4.78, 5) is 24.6. The summed E-state index contributed by atoms with van der Waals surface area (Å²) in [6.07, 6.45) is -0.132. The van der Waals surface area contributed by atoms with Crippen LogP contribution in [0.25, 0.3) is 0 Å². The Hall–Kier alpha value is -3.65. The third-order valence-corrected chi connectivity index (χ3v) is 6.66. The van der Waals surface area contributed by atoms with Crippen molar-refractivity contribution in [2.75, 3.05) is 16.4 Å². The molecule has 0 aliphatic carbocycles. The van der Waals surface area contributed by atoms with Gasteiger partial charge in [0.1, 0.15) is 0 Å². The van der Waals surface area contributed by atoms with Crippen molar-refractivity contribution in [2.45, 2.75) is 31.7 Å². The highest BCUT2D eigenvalue weighted by molar-refractivity contribution is 7.91. The van der Waals surface area contributed by atoms with E-state index in [1.165, 1.54) is 0 Å². The van der Waals surface area contributed by atoms with Crippen LogP contribution in [-0.2, 0) is 21.2 Å². The van der Waals surface area contributed by atoms with Crippen molar-refractivity contribution in [2.24, 2.45) is 0 Å². The minimum atomic E-state index is -3.52. The first kappa shape index (κ1) is 24.0. The molecule has 0 aromatic heterocycles. The molecule has 3 rings (SSSR count). The fraction of sp³-hybridized carbons (Fsp3) is 0.200. The lowest BCUT2D eigenvalue weighted by Crippen LogP contribution is -2.25. The first-order valence-corrected chi connectivity index (χ1v) is 12.2. The van der Waals surface area contributed by atoms with E-state index in [4.69, 9.17) is 0 Å². The van der Waals surface area contributed by atoms with Gasteiger partial charge in [0.15, 0.2) is 9.84 Å². The number of amides is 3. The van der Waals surface area contributed by atoms with Crippen LogP contribution in [0.3, 0.4) is 0 Å². The van der Waals surface area contributed by atoms with E-state index in [0.29, 0.717) is 11.4 Å². The number of aryl methyl sites for hydroxylation is 2. The Bertz CT molecular complexity index is 1240. The molecule has 172 valence electrons. The van der Waals surface area contributed by atoms with E-state index in [1.807, 2.05) is 38.1 Å². The van der Waals surface area contributed by atoms with Crippen LogP contribution in [0.2, 0.25) is 0 Å². The second-order valence-corrected chi connectivity index (χ2v) is 9.92. The molecular formula is C25H27N3O4S. The van der Waals surface area contributed by atoms with Gasteiger partial charge < -0.3 is 16.0 Å². The molecule has 0 radical (unpaired) electrons. The van der Waals surface area contributed by atoms with Gasteiger partial charge in [0.2, 0.25) is 5.91 Å². The number of benzene rings is 3. The molecule has 0 aliphatic heterocycles. The van der Waals surface area contributed by atoms with Crippen LogP contribution in [0.1, 0.15) is 23.1 Å². The van der Waals surface area contributed by atoms with E-state index in [0.717, 1.165) is 16.7 Å². The Kier molecular flexibility index (Phi) is 7.84. The quantitative estimate of drug-likeness (QED) is 0.458. The molecule has 0 bridgehead atoms. The largest absolute Gasteiger partial charge is 0.352 e. The molecule has 0 spiro atoms. The van der Waals surface area contributed by atoms with Crippen molar-refractivity contribution < 1.29 is 18.0 Å². The summed E-state index contributed by atoms with van der Waals surface area (Å²) in [7, 11) is -3.52. The SMILES string of the molecule is Cc1ccc(S(=O)(=O)CCC(=O)NCc2cccc(NC(=O)Nc3cccc(C)c3)c2)cc1. The lowest BCUT2D eigenvalue weighted by atomic mass is 10.2. The molecule has 0 saturated heterocycles. The standard InChI is InChI=1S/C25H27N3O4S/c1-18-9-11-23(12-10-18)33(31,32)14-13-24(29)26-17-20-6-4-8-22(16-20)28-25(30)27-21-7-3-5-19(2)15-21/h3-12,15-16H,13-14,17H2,1-2H3,(H,26,29)(H2,27,28,30). The van der Waals surface area contributed by atoms with E-state index in [9.17, 15) is 18.0 Å². The molecular weight excluding hydrogens is 438 g/mol. The molecule has 7 nitrogen and oxygen atoms in total. The van der Waals surface area contributed by atoms with E-state index in [-0.39, 0.29) is 35.6 Å². The monoisotopic (exact) mass is 465 g/mol. The third kappa shape index (κ3) is 7.47. The Labute approximate surface area is 194 Å². The number of urea groups is 1. The molecule has 8 heteroatoms. The number of carbonyl (C=O) groups is 2. The highest BCUT2D eigenvalue weighted by Gasteiger charge is 2.16. The number of hydrogen-bond donors (Lipinski definition) is 3. The Morgan fingerprint density at radius 1 is 0.788 bits per heavy atom. The Morgan fingerprint density at radius 3 is 2.09 bits per heavy atom. The normalized spacial score (nSPS) is 11.0. The summed E-state index contributed by atoms with van der Waals surface area (Å²) in [6, 6.07) is 20.7. The number of nitrogens with one attached hydrogen (secondary N) is 3. The molecule has 0 unspecified atom stereocenters. The fourth-order valence-corrected chi connectivity index (χ4v) is 4.40. The number of sulfone groups is 1.